The monoisotopic (exact) mass is 369 g/mol. The van der Waals surface area contributed by atoms with E-state index < -0.39 is 6.36 Å². The van der Waals surface area contributed by atoms with E-state index in [4.69, 9.17) is 9.84 Å². The average molecular weight is 369 g/mol. The SMILES string of the molecule is CCOCCc1nn(-c2ccc(OC(F)(F)F)cc2)c2c1CCCCN2. The summed E-state index contributed by atoms with van der Waals surface area (Å²) in [6.07, 6.45) is -0.916. The highest BCUT2D eigenvalue weighted by molar-refractivity contribution is 5.54. The fourth-order valence-corrected chi connectivity index (χ4v) is 3.06. The van der Waals surface area contributed by atoms with Crippen molar-refractivity contribution in [1.29, 1.82) is 0 Å². The zero-order valence-corrected chi connectivity index (χ0v) is 14.6. The topological polar surface area (TPSA) is 48.3 Å². The smallest absolute Gasteiger partial charge is 0.406 e. The van der Waals surface area contributed by atoms with Gasteiger partial charge in [-0.05, 0) is 50.5 Å². The van der Waals surface area contributed by atoms with Gasteiger partial charge in [-0.25, -0.2) is 4.68 Å². The summed E-state index contributed by atoms with van der Waals surface area (Å²) in [5.41, 5.74) is 2.82. The van der Waals surface area contributed by atoms with E-state index in [1.54, 1.807) is 16.8 Å². The molecule has 1 aliphatic rings. The number of fused-ring (bicyclic) bond motifs is 1. The first-order valence-electron chi connectivity index (χ1n) is 8.76. The highest BCUT2D eigenvalue weighted by Crippen LogP contribution is 2.30. The summed E-state index contributed by atoms with van der Waals surface area (Å²) in [5, 5.41) is 8.10. The lowest BCUT2D eigenvalue weighted by Gasteiger charge is -2.11. The van der Waals surface area contributed by atoms with Crippen molar-refractivity contribution in [1.82, 2.24) is 9.78 Å². The van der Waals surface area contributed by atoms with E-state index >= 15 is 0 Å². The van der Waals surface area contributed by atoms with Gasteiger partial charge in [-0.1, -0.05) is 0 Å². The van der Waals surface area contributed by atoms with Crippen molar-refractivity contribution in [3.05, 3.63) is 35.5 Å². The van der Waals surface area contributed by atoms with Crippen LogP contribution in [0.3, 0.4) is 0 Å². The van der Waals surface area contributed by atoms with Crippen LogP contribution >= 0.6 is 0 Å². The van der Waals surface area contributed by atoms with E-state index in [2.05, 4.69) is 10.1 Å². The number of anilines is 1. The van der Waals surface area contributed by atoms with Crippen LogP contribution in [-0.2, 0) is 17.6 Å². The van der Waals surface area contributed by atoms with Crippen LogP contribution in [0.2, 0.25) is 0 Å². The zero-order valence-electron chi connectivity index (χ0n) is 14.6. The Kier molecular flexibility index (Phi) is 5.70. The molecule has 8 heteroatoms. The molecule has 3 rings (SSSR count). The molecule has 0 atom stereocenters. The molecule has 1 aliphatic heterocycles. The molecule has 1 N–H and O–H groups in total. The van der Waals surface area contributed by atoms with E-state index in [1.807, 2.05) is 6.92 Å². The van der Waals surface area contributed by atoms with Crippen molar-refractivity contribution in [2.75, 3.05) is 25.1 Å². The predicted octanol–water partition coefficient (Wildman–Crippen LogP) is 4.10. The van der Waals surface area contributed by atoms with Crippen molar-refractivity contribution in [2.24, 2.45) is 0 Å². The molecule has 0 aliphatic carbocycles. The average Bonchev–Trinajstić information content (AvgIpc) is 2.77. The molecule has 0 unspecified atom stereocenters. The molecule has 2 aromatic rings. The van der Waals surface area contributed by atoms with Gasteiger partial charge in [-0.3, -0.25) is 0 Å². The third-order valence-electron chi connectivity index (χ3n) is 4.21. The van der Waals surface area contributed by atoms with Crippen LogP contribution in [0.15, 0.2) is 24.3 Å². The maximum absolute atomic E-state index is 12.3. The number of halogens is 3. The predicted molar refractivity (Wildman–Crippen MR) is 91.9 cm³/mol. The van der Waals surface area contributed by atoms with Gasteiger partial charge in [-0.2, -0.15) is 5.10 Å². The highest BCUT2D eigenvalue weighted by Gasteiger charge is 2.31. The first kappa shape index (κ1) is 18.6. The number of rotatable bonds is 6. The Morgan fingerprint density at radius 2 is 1.96 bits per heavy atom. The molecule has 0 saturated heterocycles. The summed E-state index contributed by atoms with van der Waals surface area (Å²) in [4.78, 5) is 0. The number of alkyl halides is 3. The fourth-order valence-electron chi connectivity index (χ4n) is 3.06. The second kappa shape index (κ2) is 7.99. The first-order valence-corrected chi connectivity index (χ1v) is 8.76. The number of hydrogen-bond donors (Lipinski definition) is 1. The quantitative estimate of drug-likeness (QED) is 0.779. The second-order valence-corrected chi connectivity index (χ2v) is 6.06. The molecule has 26 heavy (non-hydrogen) atoms. The van der Waals surface area contributed by atoms with Crippen LogP contribution in [0.5, 0.6) is 5.75 Å². The van der Waals surface area contributed by atoms with E-state index in [-0.39, 0.29) is 5.75 Å². The lowest BCUT2D eigenvalue weighted by atomic mass is 10.1. The van der Waals surface area contributed by atoms with Crippen LogP contribution in [0.25, 0.3) is 5.69 Å². The Morgan fingerprint density at radius 1 is 1.19 bits per heavy atom. The second-order valence-electron chi connectivity index (χ2n) is 6.06. The highest BCUT2D eigenvalue weighted by atomic mass is 19.4. The summed E-state index contributed by atoms with van der Waals surface area (Å²) in [5.74, 6) is 0.669. The maximum atomic E-state index is 12.3. The number of aromatic nitrogens is 2. The Bertz CT molecular complexity index is 727. The van der Waals surface area contributed by atoms with Gasteiger partial charge in [-0.15, -0.1) is 13.2 Å². The van der Waals surface area contributed by atoms with Gasteiger partial charge in [0, 0.05) is 25.1 Å². The fraction of sp³-hybridized carbons (Fsp3) is 0.500. The number of hydrogen-bond acceptors (Lipinski definition) is 4. The third kappa shape index (κ3) is 4.49. The van der Waals surface area contributed by atoms with Crippen molar-refractivity contribution in [3.8, 4) is 11.4 Å². The van der Waals surface area contributed by atoms with Crippen molar-refractivity contribution in [3.63, 3.8) is 0 Å². The molecule has 0 fully saturated rings. The lowest BCUT2D eigenvalue weighted by Crippen LogP contribution is -2.17. The summed E-state index contributed by atoms with van der Waals surface area (Å²) >= 11 is 0. The van der Waals surface area contributed by atoms with Gasteiger partial charge in [0.15, 0.2) is 0 Å². The molecule has 0 radical (unpaired) electrons. The Morgan fingerprint density at radius 3 is 2.65 bits per heavy atom. The molecular formula is C18H22F3N3O2. The molecule has 0 saturated carbocycles. The van der Waals surface area contributed by atoms with E-state index in [9.17, 15) is 13.2 Å². The standard InChI is InChI=1S/C18H22F3N3O2/c1-2-25-12-10-16-15-5-3-4-11-22-17(15)24(23-16)13-6-8-14(9-7-13)26-18(19,20)21/h6-9,22H,2-5,10-12H2,1H3. The lowest BCUT2D eigenvalue weighted by molar-refractivity contribution is -0.274. The van der Waals surface area contributed by atoms with Crippen LogP contribution in [0, 0.1) is 0 Å². The zero-order chi connectivity index (χ0) is 18.6. The van der Waals surface area contributed by atoms with Crippen molar-refractivity contribution >= 4 is 5.82 Å². The Labute approximate surface area is 150 Å². The summed E-state index contributed by atoms with van der Waals surface area (Å²) in [6.45, 7) is 4.05. The van der Waals surface area contributed by atoms with Crippen LogP contribution in [-0.4, -0.2) is 35.9 Å². The van der Waals surface area contributed by atoms with Crippen LogP contribution < -0.4 is 10.1 Å². The molecule has 2 heterocycles. The van der Waals surface area contributed by atoms with Crippen LogP contribution in [0.1, 0.15) is 31.0 Å². The Balaban J connectivity index is 1.88. The normalized spacial score (nSPS) is 14.5. The largest absolute Gasteiger partial charge is 0.573 e. The van der Waals surface area contributed by atoms with Crippen molar-refractivity contribution < 1.29 is 22.6 Å². The van der Waals surface area contributed by atoms with E-state index in [1.165, 1.54) is 12.1 Å². The summed E-state index contributed by atoms with van der Waals surface area (Å²) in [6, 6.07) is 5.75. The number of nitrogens with zero attached hydrogens (tertiary/aromatic N) is 2. The van der Waals surface area contributed by atoms with Gasteiger partial charge in [0.1, 0.15) is 11.6 Å². The first-order chi connectivity index (χ1) is 12.5. The van der Waals surface area contributed by atoms with Gasteiger partial charge >= 0.3 is 6.36 Å². The molecule has 0 amide bonds. The molecule has 1 aromatic carbocycles. The minimum absolute atomic E-state index is 0.246. The molecule has 142 valence electrons. The van der Waals surface area contributed by atoms with E-state index in [0.29, 0.717) is 25.3 Å². The van der Waals surface area contributed by atoms with Crippen molar-refractivity contribution in [2.45, 2.75) is 39.0 Å². The van der Waals surface area contributed by atoms with E-state index in [0.717, 1.165) is 42.9 Å². The number of ether oxygens (including phenoxy) is 2. The molecule has 5 nitrogen and oxygen atoms in total. The van der Waals surface area contributed by atoms with Gasteiger partial charge in [0.05, 0.1) is 18.0 Å². The Hall–Kier alpha value is -2.22. The van der Waals surface area contributed by atoms with Gasteiger partial charge < -0.3 is 14.8 Å². The number of benzene rings is 1. The number of nitrogens with one attached hydrogen (secondary N) is 1. The minimum atomic E-state index is -4.70. The molecule has 1 aromatic heterocycles. The molecular weight excluding hydrogens is 347 g/mol. The van der Waals surface area contributed by atoms with Gasteiger partial charge in [0.2, 0.25) is 0 Å². The van der Waals surface area contributed by atoms with Gasteiger partial charge in [0.25, 0.3) is 0 Å². The third-order valence-corrected chi connectivity index (χ3v) is 4.21. The molecule has 0 bridgehead atoms. The molecule has 0 spiro atoms. The minimum Gasteiger partial charge on any atom is -0.406 e. The van der Waals surface area contributed by atoms with Crippen LogP contribution in [0.4, 0.5) is 19.0 Å². The summed E-state index contributed by atoms with van der Waals surface area (Å²) < 4.78 is 48.1. The maximum Gasteiger partial charge on any atom is 0.573 e. The summed E-state index contributed by atoms with van der Waals surface area (Å²) in [7, 11) is 0.